The van der Waals surface area contributed by atoms with Crippen molar-refractivity contribution < 1.29 is 0 Å². The van der Waals surface area contributed by atoms with Gasteiger partial charge in [0.05, 0.1) is 39.5 Å². The summed E-state index contributed by atoms with van der Waals surface area (Å²) >= 11 is 0. The molecule has 0 unspecified atom stereocenters. The Morgan fingerprint density at radius 1 is 0.450 bits per heavy atom. The van der Waals surface area contributed by atoms with Crippen molar-refractivity contribution >= 4 is 59.9 Å². The lowest BCUT2D eigenvalue weighted by molar-refractivity contribution is 1.15. The van der Waals surface area contributed by atoms with Gasteiger partial charge in [0.1, 0.15) is 0 Å². The summed E-state index contributed by atoms with van der Waals surface area (Å²) < 4.78 is 4.85. The summed E-state index contributed by atoms with van der Waals surface area (Å²) in [5, 5.41) is 7.50. The third-order valence-electron chi connectivity index (χ3n) is 8.33. The van der Waals surface area contributed by atoms with Crippen molar-refractivity contribution in [2.75, 3.05) is 0 Å². The van der Waals surface area contributed by atoms with Crippen LogP contribution >= 0.6 is 0 Å². The number of hydrogen-bond acceptors (Lipinski definition) is 1. The van der Waals surface area contributed by atoms with Crippen molar-refractivity contribution in [2.45, 2.75) is 0 Å². The summed E-state index contributed by atoms with van der Waals surface area (Å²) in [6, 6.07) is 45.9. The Kier molecular flexibility index (Phi) is 4.33. The van der Waals surface area contributed by atoms with E-state index >= 15 is 0 Å². The van der Waals surface area contributed by atoms with Crippen LogP contribution in [0.5, 0.6) is 0 Å². The standard InChI is InChI=1S/C37H23N3/c1-2-10-24(11-3-1)26-20-27(23-38-22-26)39-33-16-8-6-14-29(33)31-19-18-30-28-13-5-9-17-34(28)40-32-15-7-4-12-25(32)21-35(40)36(30)37(31)39/h1-23H. The fraction of sp³-hybridized carbons (Fsp3) is 0. The van der Waals surface area contributed by atoms with E-state index in [1.807, 2.05) is 12.4 Å². The Morgan fingerprint density at radius 3 is 1.98 bits per heavy atom. The van der Waals surface area contributed by atoms with Crippen LogP contribution in [0, 0.1) is 0 Å². The molecule has 5 aromatic carbocycles. The van der Waals surface area contributed by atoms with Crippen molar-refractivity contribution in [3.63, 3.8) is 0 Å². The SMILES string of the molecule is c1ccc(-c2cncc(-n3c4ccccc4c4ccc5c6ccccc6n6c7ccccc7cc6c5c43)c2)cc1. The molecular weight excluding hydrogens is 486 g/mol. The molecule has 0 spiro atoms. The zero-order chi connectivity index (χ0) is 26.2. The first-order valence-electron chi connectivity index (χ1n) is 13.6. The molecule has 0 saturated carbocycles. The first kappa shape index (κ1) is 21.5. The van der Waals surface area contributed by atoms with Crippen LogP contribution in [0.15, 0.2) is 140 Å². The predicted octanol–water partition coefficient (Wildman–Crippen LogP) is 9.56. The number of nitrogens with zero attached hydrogens (tertiary/aromatic N) is 3. The third-order valence-corrected chi connectivity index (χ3v) is 8.33. The van der Waals surface area contributed by atoms with Crippen molar-refractivity contribution in [3.05, 3.63) is 140 Å². The molecule has 186 valence electrons. The summed E-state index contributed by atoms with van der Waals surface area (Å²) in [7, 11) is 0. The molecule has 0 aliphatic rings. The Bertz CT molecular complexity index is 2430. The molecular formula is C37H23N3. The molecule has 0 radical (unpaired) electrons. The topological polar surface area (TPSA) is 22.2 Å². The van der Waals surface area contributed by atoms with E-state index in [0.29, 0.717) is 0 Å². The van der Waals surface area contributed by atoms with E-state index in [0.717, 1.165) is 16.8 Å². The molecule has 0 fully saturated rings. The average molecular weight is 510 g/mol. The molecule has 3 heteroatoms. The van der Waals surface area contributed by atoms with Gasteiger partial charge in [-0.3, -0.25) is 4.98 Å². The second kappa shape index (κ2) is 8.05. The van der Waals surface area contributed by atoms with Crippen LogP contribution < -0.4 is 0 Å². The summed E-state index contributed by atoms with van der Waals surface area (Å²) in [6.07, 6.45) is 3.94. The van der Waals surface area contributed by atoms with Gasteiger partial charge in [-0.1, -0.05) is 97.1 Å². The van der Waals surface area contributed by atoms with E-state index in [4.69, 9.17) is 4.98 Å². The molecule has 3 nitrogen and oxygen atoms in total. The number of rotatable bonds is 2. The van der Waals surface area contributed by atoms with E-state index in [9.17, 15) is 0 Å². The quantitative estimate of drug-likeness (QED) is 0.213. The monoisotopic (exact) mass is 509 g/mol. The van der Waals surface area contributed by atoms with Crippen LogP contribution in [0.3, 0.4) is 0 Å². The van der Waals surface area contributed by atoms with Gasteiger partial charge >= 0.3 is 0 Å². The van der Waals surface area contributed by atoms with Crippen LogP contribution in [0.25, 0.3) is 76.7 Å². The fourth-order valence-electron chi connectivity index (χ4n) is 6.64. The molecule has 0 saturated heterocycles. The van der Waals surface area contributed by atoms with Gasteiger partial charge in [0.25, 0.3) is 0 Å². The van der Waals surface area contributed by atoms with E-state index < -0.39 is 0 Å². The van der Waals surface area contributed by atoms with Crippen LogP contribution in [0.2, 0.25) is 0 Å². The van der Waals surface area contributed by atoms with E-state index in [2.05, 4.69) is 136 Å². The molecule has 0 aliphatic heterocycles. The number of aromatic nitrogens is 3. The maximum absolute atomic E-state index is 4.73. The smallest absolute Gasteiger partial charge is 0.0651 e. The van der Waals surface area contributed by atoms with Gasteiger partial charge < -0.3 is 8.97 Å². The van der Waals surface area contributed by atoms with Crippen LogP contribution in [0.1, 0.15) is 0 Å². The Labute approximate surface area is 230 Å². The number of hydrogen-bond donors (Lipinski definition) is 0. The molecule has 9 aromatic rings. The lowest BCUT2D eigenvalue weighted by Gasteiger charge is -2.14. The number of benzene rings is 5. The molecule has 40 heavy (non-hydrogen) atoms. The highest BCUT2D eigenvalue weighted by atomic mass is 15.0. The largest absolute Gasteiger partial charge is 0.309 e. The molecule has 4 aromatic heterocycles. The minimum absolute atomic E-state index is 1.06. The summed E-state index contributed by atoms with van der Waals surface area (Å²) in [5.41, 5.74) is 9.38. The Morgan fingerprint density at radius 2 is 1.12 bits per heavy atom. The first-order valence-corrected chi connectivity index (χ1v) is 13.6. The van der Waals surface area contributed by atoms with Gasteiger partial charge in [0.2, 0.25) is 0 Å². The zero-order valence-electron chi connectivity index (χ0n) is 21.6. The molecule has 0 aliphatic carbocycles. The fourth-order valence-corrected chi connectivity index (χ4v) is 6.64. The first-order chi connectivity index (χ1) is 19.9. The van der Waals surface area contributed by atoms with Gasteiger partial charge in [-0.15, -0.1) is 0 Å². The number of fused-ring (bicyclic) bond motifs is 12. The normalized spacial score (nSPS) is 12.0. The van der Waals surface area contributed by atoms with Crippen LogP contribution in [-0.4, -0.2) is 14.0 Å². The van der Waals surface area contributed by atoms with E-state index in [1.165, 1.54) is 59.9 Å². The predicted molar refractivity (Wildman–Crippen MR) is 167 cm³/mol. The summed E-state index contributed by atoms with van der Waals surface area (Å²) in [5.74, 6) is 0. The van der Waals surface area contributed by atoms with Crippen molar-refractivity contribution in [3.8, 4) is 16.8 Å². The zero-order valence-corrected chi connectivity index (χ0v) is 21.6. The maximum atomic E-state index is 4.73. The lowest BCUT2D eigenvalue weighted by atomic mass is 10.0. The average Bonchev–Trinajstić information content (AvgIpc) is 3.58. The van der Waals surface area contributed by atoms with Crippen molar-refractivity contribution in [1.82, 2.24) is 14.0 Å². The summed E-state index contributed by atoms with van der Waals surface area (Å²) in [4.78, 5) is 4.73. The molecule has 0 bridgehead atoms. The molecule has 0 N–H and O–H groups in total. The third kappa shape index (κ3) is 2.86. The molecule has 4 heterocycles. The second-order valence-corrected chi connectivity index (χ2v) is 10.5. The highest BCUT2D eigenvalue weighted by Crippen LogP contribution is 2.42. The van der Waals surface area contributed by atoms with Crippen molar-refractivity contribution in [2.24, 2.45) is 0 Å². The van der Waals surface area contributed by atoms with Crippen LogP contribution in [0.4, 0.5) is 0 Å². The molecule has 9 rings (SSSR count). The number of pyridine rings is 2. The highest BCUT2D eigenvalue weighted by molar-refractivity contribution is 6.28. The molecule has 0 atom stereocenters. The van der Waals surface area contributed by atoms with Crippen LogP contribution in [-0.2, 0) is 0 Å². The van der Waals surface area contributed by atoms with Gasteiger partial charge in [0.15, 0.2) is 0 Å². The molecule has 0 amide bonds. The van der Waals surface area contributed by atoms with Gasteiger partial charge in [-0.25, -0.2) is 0 Å². The maximum Gasteiger partial charge on any atom is 0.0651 e. The van der Waals surface area contributed by atoms with Gasteiger partial charge in [0, 0.05) is 38.7 Å². The van der Waals surface area contributed by atoms with E-state index in [-0.39, 0.29) is 0 Å². The summed E-state index contributed by atoms with van der Waals surface area (Å²) in [6.45, 7) is 0. The van der Waals surface area contributed by atoms with Gasteiger partial charge in [-0.2, -0.15) is 0 Å². The highest BCUT2D eigenvalue weighted by Gasteiger charge is 2.20. The Hall–Kier alpha value is -5.41. The van der Waals surface area contributed by atoms with Gasteiger partial charge in [-0.05, 0) is 41.3 Å². The minimum atomic E-state index is 1.06. The van der Waals surface area contributed by atoms with E-state index in [1.54, 1.807) is 0 Å². The van der Waals surface area contributed by atoms with Crippen molar-refractivity contribution in [1.29, 1.82) is 0 Å². The second-order valence-electron chi connectivity index (χ2n) is 10.5. The minimum Gasteiger partial charge on any atom is -0.309 e. The Balaban J connectivity index is 1.53. The number of para-hydroxylation sites is 3. The lowest BCUT2D eigenvalue weighted by Crippen LogP contribution is -1.98.